The average molecular weight is 217 g/mol. The molecule has 0 atom stereocenters. The molecule has 0 heterocycles. The van der Waals surface area contributed by atoms with Crippen LogP contribution in [0.25, 0.3) is 0 Å². The van der Waals surface area contributed by atoms with E-state index in [1.807, 2.05) is 0 Å². The number of ether oxygens (including phenoxy) is 1. The summed E-state index contributed by atoms with van der Waals surface area (Å²) in [6.45, 7) is 0. The number of nitro benzene ring substituents is 1. The largest absolute Gasteiger partial charge is 0.495 e. The minimum Gasteiger partial charge on any atom is -0.495 e. The van der Waals surface area contributed by atoms with Crippen molar-refractivity contribution in [2.75, 3.05) is 19.5 Å². The molecule has 0 bridgehead atoms. The number of nitrogens with zero attached hydrogens (tertiary/aromatic N) is 1. The van der Waals surface area contributed by atoms with Crippen molar-refractivity contribution in [1.29, 1.82) is 0 Å². The third-order valence-electron chi connectivity index (χ3n) is 1.74. The molecule has 0 saturated heterocycles. The van der Waals surface area contributed by atoms with Gasteiger partial charge in [-0.25, -0.2) is 0 Å². The Morgan fingerprint density at radius 2 is 2.21 bits per heavy atom. The number of hydrogen-bond acceptors (Lipinski definition) is 4. The average Bonchev–Trinajstić information content (AvgIpc) is 2.16. The maximum Gasteiger partial charge on any atom is 0.296 e. The van der Waals surface area contributed by atoms with Gasteiger partial charge in [0.1, 0.15) is 11.4 Å². The van der Waals surface area contributed by atoms with E-state index in [0.29, 0.717) is 10.7 Å². The van der Waals surface area contributed by atoms with Gasteiger partial charge in [0.2, 0.25) is 0 Å². The van der Waals surface area contributed by atoms with Crippen LogP contribution in [0.4, 0.5) is 11.4 Å². The predicted molar refractivity (Wildman–Crippen MR) is 54.2 cm³/mol. The van der Waals surface area contributed by atoms with Crippen molar-refractivity contribution in [1.82, 2.24) is 0 Å². The molecule has 0 radical (unpaired) electrons. The standard InChI is InChI=1S/C8H9ClN2O3/c1-10-6-3-5(9)8(14-2)4-7(6)11(12)13/h3-4,10H,1-2H3. The zero-order valence-corrected chi connectivity index (χ0v) is 8.46. The van der Waals surface area contributed by atoms with Gasteiger partial charge in [-0.2, -0.15) is 0 Å². The lowest BCUT2D eigenvalue weighted by atomic mass is 10.2. The smallest absolute Gasteiger partial charge is 0.296 e. The van der Waals surface area contributed by atoms with Crippen LogP contribution in [0.15, 0.2) is 12.1 Å². The van der Waals surface area contributed by atoms with E-state index in [1.165, 1.54) is 19.2 Å². The van der Waals surface area contributed by atoms with Crippen LogP contribution in [0.1, 0.15) is 0 Å². The van der Waals surface area contributed by atoms with Crippen LogP contribution in [0.2, 0.25) is 5.02 Å². The Hall–Kier alpha value is -1.49. The minimum atomic E-state index is -0.495. The van der Waals surface area contributed by atoms with Crippen LogP contribution < -0.4 is 10.1 Å². The highest BCUT2D eigenvalue weighted by Gasteiger charge is 2.16. The number of anilines is 1. The van der Waals surface area contributed by atoms with Gasteiger partial charge < -0.3 is 10.1 Å². The second-order valence-corrected chi connectivity index (χ2v) is 2.92. The molecule has 0 fully saturated rings. The molecule has 0 aliphatic carbocycles. The maximum atomic E-state index is 10.6. The topological polar surface area (TPSA) is 64.4 Å². The van der Waals surface area contributed by atoms with Crippen LogP contribution >= 0.6 is 11.6 Å². The summed E-state index contributed by atoms with van der Waals surface area (Å²) < 4.78 is 4.87. The van der Waals surface area contributed by atoms with Gasteiger partial charge in [0.05, 0.1) is 23.1 Å². The van der Waals surface area contributed by atoms with Gasteiger partial charge in [-0.1, -0.05) is 11.6 Å². The summed E-state index contributed by atoms with van der Waals surface area (Å²) in [5.74, 6) is 0.289. The van der Waals surface area contributed by atoms with Crippen LogP contribution in [0, 0.1) is 10.1 Å². The normalized spacial score (nSPS) is 9.64. The van der Waals surface area contributed by atoms with E-state index in [-0.39, 0.29) is 11.4 Å². The predicted octanol–water partition coefficient (Wildman–Crippen LogP) is 2.30. The number of benzene rings is 1. The molecule has 76 valence electrons. The van der Waals surface area contributed by atoms with Gasteiger partial charge in [-0.05, 0) is 6.07 Å². The molecular weight excluding hydrogens is 208 g/mol. The number of methoxy groups -OCH3 is 1. The van der Waals surface area contributed by atoms with Crippen molar-refractivity contribution in [2.24, 2.45) is 0 Å². The Bertz CT molecular complexity index is 368. The molecule has 0 unspecified atom stereocenters. The second-order valence-electron chi connectivity index (χ2n) is 2.51. The molecule has 0 aliphatic rings. The lowest BCUT2D eigenvalue weighted by Crippen LogP contribution is -1.97. The van der Waals surface area contributed by atoms with E-state index in [4.69, 9.17) is 16.3 Å². The number of halogens is 1. The third kappa shape index (κ3) is 1.88. The van der Waals surface area contributed by atoms with E-state index >= 15 is 0 Å². The number of rotatable bonds is 3. The first-order valence-corrected chi connectivity index (χ1v) is 4.17. The Balaban J connectivity index is 3.32. The van der Waals surface area contributed by atoms with Crippen LogP contribution in [-0.4, -0.2) is 19.1 Å². The first kappa shape index (κ1) is 10.6. The summed E-state index contributed by atoms with van der Waals surface area (Å²) in [7, 11) is 3.00. The molecule has 0 saturated carbocycles. The van der Waals surface area contributed by atoms with Crippen molar-refractivity contribution in [3.05, 3.63) is 27.3 Å². The summed E-state index contributed by atoms with van der Waals surface area (Å²) in [4.78, 5) is 10.1. The first-order valence-electron chi connectivity index (χ1n) is 3.79. The lowest BCUT2D eigenvalue weighted by molar-refractivity contribution is -0.384. The Kier molecular flexibility index (Phi) is 3.14. The van der Waals surface area contributed by atoms with Gasteiger partial charge in [-0.3, -0.25) is 10.1 Å². The number of nitrogens with one attached hydrogen (secondary N) is 1. The summed E-state index contributed by atoms with van der Waals surface area (Å²) in [6.07, 6.45) is 0. The summed E-state index contributed by atoms with van der Waals surface area (Å²) in [5.41, 5.74) is 0.301. The SMILES string of the molecule is CNc1cc(Cl)c(OC)cc1[N+](=O)[O-]. The van der Waals surface area contributed by atoms with Gasteiger partial charge >= 0.3 is 0 Å². The maximum absolute atomic E-state index is 10.6. The summed E-state index contributed by atoms with van der Waals surface area (Å²) in [5, 5.41) is 13.6. The summed E-state index contributed by atoms with van der Waals surface area (Å²) >= 11 is 5.80. The molecular formula is C8H9ClN2O3. The highest BCUT2D eigenvalue weighted by molar-refractivity contribution is 6.32. The van der Waals surface area contributed by atoms with Gasteiger partial charge in [0.25, 0.3) is 5.69 Å². The van der Waals surface area contributed by atoms with Gasteiger partial charge in [-0.15, -0.1) is 0 Å². The molecule has 1 aromatic rings. The van der Waals surface area contributed by atoms with Crippen molar-refractivity contribution in [3.63, 3.8) is 0 Å². The fourth-order valence-electron chi connectivity index (χ4n) is 1.05. The molecule has 0 spiro atoms. The lowest BCUT2D eigenvalue weighted by Gasteiger charge is -2.06. The molecule has 1 rings (SSSR count). The number of hydrogen-bond donors (Lipinski definition) is 1. The van der Waals surface area contributed by atoms with Crippen LogP contribution in [0.5, 0.6) is 5.75 Å². The van der Waals surface area contributed by atoms with E-state index in [9.17, 15) is 10.1 Å². The van der Waals surface area contributed by atoms with E-state index in [0.717, 1.165) is 0 Å². The van der Waals surface area contributed by atoms with Crippen molar-refractivity contribution in [2.45, 2.75) is 0 Å². The Labute approximate surface area is 85.8 Å². The Morgan fingerprint density at radius 3 is 2.64 bits per heavy atom. The summed E-state index contributed by atoms with van der Waals surface area (Å²) in [6, 6.07) is 2.74. The number of nitro groups is 1. The molecule has 6 heteroatoms. The molecule has 0 amide bonds. The Morgan fingerprint density at radius 1 is 1.57 bits per heavy atom. The molecule has 14 heavy (non-hydrogen) atoms. The van der Waals surface area contributed by atoms with Crippen molar-refractivity contribution >= 4 is 23.0 Å². The minimum absolute atomic E-state index is 0.0613. The van der Waals surface area contributed by atoms with E-state index < -0.39 is 4.92 Å². The van der Waals surface area contributed by atoms with Gasteiger partial charge in [0, 0.05) is 7.05 Å². The highest BCUT2D eigenvalue weighted by Crippen LogP contribution is 2.35. The van der Waals surface area contributed by atoms with Gasteiger partial charge in [0.15, 0.2) is 0 Å². The van der Waals surface area contributed by atoms with Crippen molar-refractivity contribution < 1.29 is 9.66 Å². The molecule has 5 nitrogen and oxygen atoms in total. The quantitative estimate of drug-likeness (QED) is 0.622. The fraction of sp³-hybridized carbons (Fsp3) is 0.250. The second kappa shape index (κ2) is 4.15. The van der Waals surface area contributed by atoms with Crippen LogP contribution in [0.3, 0.4) is 0 Å². The first-order chi connectivity index (χ1) is 6.60. The third-order valence-corrected chi connectivity index (χ3v) is 2.03. The molecule has 0 aliphatic heterocycles. The fourth-order valence-corrected chi connectivity index (χ4v) is 1.29. The highest BCUT2D eigenvalue weighted by atomic mass is 35.5. The molecule has 0 aromatic heterocycles. The monoisotopic (exact) mass is 216 g/mol. The van der Waals surface area contributed by atoms with Crippen LogP contribution in [-0.2, 0) is 0 Å². The molecule has 1 aromatic carbocycles. The zero-order chi connectivity index (χ0) is 10.7. The van der Waals surface area contributed by atoms with E-state index in [2.05, 4.69) is 5.32 Å². The molecule has 1 N–H and O–H groups in total. The zero-order valence-electron chi connectivity index (χ0n) is 7.70. The van der Waals surface area contributed by atoms with Crippen molar-refractivity contribution in [3.8, 4) is 5.75 Å². The van der Waals surface area contributed by atoms with E-state index in [1.54, 1.807) is 7.05 Å².